The Morgan fingerprint density at radius 2 is 1.95 bits per heavy atom. The van der Waals surface area contributed by atoms with Crippen molar-refractivity contribution in [3.8, 4) is 6.07 Å². The number of nitriles is 1. The first-order valence-electron chi connectivity index (χ1n) is 6.13. The van der Waals surface area contributed by atoms with Crippen molar-refractivity contribution in [2.24, 2.45) is 0 Å². The monoisotopic (exact) mass is 284 g/mol. The quantitative estimate of drug-likeness (QED) is 0.927. The van der Waals surface area contributed by atoms with Gasteiger partial charge in [0.2, 0.25) is 0 Å². The Morgan fingerprint density at radius 3 is 2.55 bits per heavy atom. The first-order valence-corrected chi connectivity index (χ1v) is 6.51. The van der Waals surface area contributed by atoms with Crippen molar-refractivity contribution in [1.29, 1.82) is 5.26 Å². The molecule has 3 nitrogen and oxygen atoms in total. The second-order valence-corrected chi connectivity index (χ2v) is 4.88. The highest BCUT2D eigenvalue weighted by atomic mass is 35.5. The smallest absolute Gasteiger partial charge is 0.257 e. The summed E-state index contributed by atoms with van der Waals surface area (Å²) in [5.41, 5.74) is 3.04. The number of anilines is 1. The fraction of sp³-hybridized carbons (Fsp3) is 0.125. The molecule has 0 heterocycles. The van der Waals surface area contributed by atoms with Crippen molar-refractivity contribution in [2.45, 2.75) is 13.3 Å². The number of carbonyl (C=O) groups excluding carboxylic acids is 1. The van der Waals surface area contributed by atoms with E-state index in [0.29, 0.717) is 22.7 Å². The molecule has 0 spiro atoms. The molecule has 2 aromatic rings. The molecule has 0 saturated carbocycles. The topological polar surface area (TPSA) is 52.9 Å². The van der Waals surface area contributed by atoms with Crippen LogP contribution in [0, 0.1) is 18.3 Å². The maximum atomic E-state index is 12.1. The van der Waals surface area contributed by atoms with Crippen LogP contribution in [0.25, 0.3) is 0 Å². The zero-order valence-electron chi connectivity index (χ0n) is 11.0. The molecule has 0 saturated heterocycles. The van der Waals surface area contributed by atoms with Gasteiger partial charge in [-0.1, -0.05) is 29.8 Å². The van der Waals surface area contributed by atoms with Crippen molar-refractivity contribution in [2.75, 3.05) is 5.32 Å². The number of aryl methyl sites for hydroxylation is 1. The minimum Gasteiger partial charge on any atom is -0.322 e. The molecule has 0 aromatic heterocycles. The highest BCUT2D eigenvalue weighted by Crippen LogP contribution is 2.19. The summed E-state index contributed by atoms with van der Waals surface area (Å²) in [6.45, 7) is 1.92. The molecule has 100 valence electrons. The van der Waals surface area contributed by atoms with Crippen LogP contribution in [0.1, 0.15) is 21.5 Å². The van der Waals surface area contributed by atoms with E-state index in [4.69, 9.17) is 16.9 Å². The lowest BCUT2D eigenvalue weighted by molar-refractivity contribution is 0.102. The summed E-state index contributed by atoms with van der Waals surface area (Å²) in [4.78, 5) is 12.1. The van der Waals surface area contributed by atoms with Crippen LogP contribution in [0.3, 0.4) is 0 Å². The molecule has 20 heavy (non-hydrogen) atoms. The lowest BCUT2D eigenvalue weighted by atomic mass is 10.1. The highest BCUT2D eigenvalue weighted by Gasteiger charge is 2.10. The van der Waals surface area contributed by atoms with Crippen molar-refractivity contribution < 1.29 is 4.79 Å². The molecular weight excluding hydrogens is 272 g/mol. The number of hydrogen-bond donors (Lipinski definition) is 1. The Balaban J connectivity index is 2.13. The lowest BCUT2D eigenvalue weighted by Crippen LogP contribution is -2.12. The van der Waals surface area contributed by atoms with Crippen LogP contribution in [0.15, 0.2) is 42.5 Å². The Bertz CT molecular complexity index is 672. The molecular formula is C16H13ClN2O. The molecule has 0 aliphatic rings. The number of halogens is 1. The fourth-order valence-electron chi connectivity index (χ4n) is 1.80. The summed E-state index contributed by atoms with van der Waals surface area (Å²) in [5.74, 6) is -0.247. The summed E-state index contributed by atoms with van der Waals surface area (Å²) in [7, 11) is 0. The summed E-state index contributed by atoms with van der Waals surface area (Å²) >= 11 is 6.06. The van der Waals surface area contributed by atoms with Gasteiger partial charge >= 0.3 is 0 Å². The van der Waals surface area contributed by atoms with Gasteiger partial charge in [0, 0.05) is 5.69 Å². The summed E-state index contributed by atoms with van der Waals surface area (Å²) < 4.78 is 0. The second-order valence-electron chi connectivity index (χ2n) is 4.47. The SMILES string of the molecule is Cc1ccc(C(=O)Nc2ccc(CC#N)cc2)c(Cl)c1. The van der Waals surface area contributed by atoms with Gasteiger partial charge in [0.15, 0.2) is 0 Å². The number of hydrogen-bond acceptors (Lipinski definition) is 2. The van der Waals surface area contributed by atoms with Crippen molar-refractivity contribution in [3.05, 3.63) is 64.2 Å². The molecule has 2 rings (SSSR count). The normalized spacial score (nSPS) is 9.85. The second kappa shape index (κ2) is 6.23. The maximum Gasteiger partial charge on any atom is 0.257 e. The summed E-state index contributed by atoms with van der Waals surface area (Å²) in [6.07, 6.45) is 0.359. The van der Waals surface area contributed by atoms with Gasteiger partial charge in [-0.3, -0.25) is 4.79 Å². The minimum atomic E-state index is -0.247. The first kappa shape index (κ1) is 14.1. The van der Waals surface area contributed by atoms with Crippen molar-refractivity contribution in [1.82, 2.24) is 0 Å². The number of carbonyl (C=O) groups is 1. The molecule has 0 radical (unpaired) electrons. The number of nitrogens with zero attached hydrogens (tertiary/aromatic N) is 1. The number of rotatable bonds is 3. The fourth-order valence-corrected chi connectivity index (χ4v) is 2.12. The van der Waals surface area contributed by atoms with E-state index in [2.05, 4.69) is 11.4 Å². The molecule has 4 heteroatoms. The zero-order valence-corrected chi connectivity index (χ0v) is 11.7. The van der Waals surface area contributed by atoms with E-state index in [-0.39, 0.29) is 5.91 Å². The van der Waals surface area contributed by atoms with E-state index in [1.54, 1.807) is 24.3 Å². The van der Waals surface area contributed by atoms with Crippen molar-refractivity contribution in [3.63, 3.8) is 0 Å². The Morgan fingerprint density at radius 1 is 1.25 bits per heavy atom. The van der Waals surface area contributed by atoms with Crippen LogP contribution >= 0.6 is 11.6 Å². The van der Waals surface area contributed by atoms with E-state index < -0.39 is 0 Å². The Labute approximate surface area is 122 Å². The lowest BCUT2D eigenvalue weighted by Gasteiger charge is -2.07. The van der Waals surface area contributed by atoms with Crippen LogP contribution in [0.5, 0.6) is 0 Å². The van der Waals surface area contributed by atoms with E-state index in [9.17, 15) is 4.79 Å². The van der Waals surface area contributed by atoms with Gasteiger partial charge in [-0.15, -0.1) is 0 Å². The van der Waals surface area contributed by atoms with Gasteiger partial charge in [-0.2, -0.15) is 5.26 Å². The molecule has 0 fully saturated rings. The maximum absolute atomic E-state index is 12.1. The van der Waals surface area contributed by atoms with Crippen LogP contribution in [-0.4, -0.2) is 5.91 Å². The number of nitrogens with one attached hydrogen (secondary N) is 1. The first-order chi connectivity index (χ1) is 9.60. The standard InChI is InChI=1S/C16H13ClN2O/c1-11-2-7-14(15(17)10-11)16(20)19-13-5-3-12(4-6-13)8-9-18/h2-7,10H,8H2,1H3,(H,19,20). The third-order valence-electron chi connectivity index (χ3n) is 2.86. The number of benzene rings is 2. The van der Waals surface area contributed by atoms with Gasteiger partial charge in [0.1, 0.15) is 0 Å². The van der Waals surface area contributed by atoms with Gasteiger partial charge in [-0.05, 0) is 42.3 Å². The van der Waals surface area contributed by atoms with Crippen molar-refractivity contribution >= 4 is 23.2 Å². The van der Waals surface area contributed by atoms with E-state index in [1.165, 1.54) is 0 Å². The Hall–Kier alpha value is -2.31. The molecule has 0 atom stereocenters. The number of amides is 1. The predicted molar refractivity (Wildman–Crippen MR) is 79.9 cm³/mol. The van der Waals surface area contributed by atoms with E-state index in [0.717, 1.165) is 11.1 Å². The van der Waals surface area contributed by atoms with Crippen LogP contribution in [0.2, 0.25) is 5.02 Å². The molecule has 1 amide bonds. The van der Waals surface area contributed by atoms with Gasteiger partial charge < -0.3 is 5.32 Å². The molecule has 0 aliphatic carbocycles. The van der Waals surface area contributed by atoms with Gasteiger partial charge in [0.25, 0.3) is 5.91 Å². The van der Waals surface area contributed by atoms with Gasteiger partial charge in [0.05, 0.1) is 23.1 Å². The van der Waals surface area contributed by atoms with Crippen LogP contribution < -0.4 is 5.32 Å². The predicted octanol–water partition coefficient (Wildman–Crippen LogP) is 3.97. The van der Waals surface area contributed by atoms with E-state index in [1.807, 2.05) is 25.1 Å². The summed E-state index contributed by atoms with van der Waals surface area (Å²) in [5, 5.41) is 11.8. The summed E-state index contributed by atoms with van der Waals surface area (Å²) in [6, 6.07) is 14.6. The average molecular weight is 285 g/mol. The molecule has 1 N–H and O–H groups in total. The molecule has 0 bridgehead atoms. The Kier molecular flexibility index (Phi) is 4.39. The largest absolute Gasteiger partial charge is 0.322 e. The van der Waals surface area contributed by atoms with E-state index >= 15 is 0 Å². The third-order valence-corrected chi connectivity index (χ3v) is 3.18. The molecule has 2 aromatic carbocycles. The zero-order chi connectivity index (χ0) is 14.5. The van der Waals surface area contributed by atoms with Gasteiger partial charge in [-0.25, -0.2) is 0 Å². The molecule has 0 aliphatic heterocycles. The third kappa shape index (κ3) is 3.37. The molecule has 0 unspecified atom stereocenters. The average Bonchev–Trinajstić information content (AvgIpc) is 2.41. The highest BCUT2D eigenvalue weighted by molar-refractivity contribution is 6.34. The minimum absolute atomic E-state index is 0.247. The van der Waals surface area contributed by atoms with Crippen LogP contribution in [-0.2, 0) is 6.42 Å². The van der Waals surface area contributed by atoms with Crippen LogP contribution in [0.4, 0.5) is 5.69 Å².